The van der Waals surface area contributed by atoms with Crippen molar-refractivity contribution in [3.8, 4) is 17.6 Å². The van der Waals surface area contributed by atoms with E-state index in [2.05, 4.69) is 17.2 Å². The summed E-state index contributed by atoms with van der Waals surface area (Å²) in [5.74, 6) is 5.85. The van der Waals surface area contributed by atoms with E-state index in [1.807, 2.05) is 0 Å². The number of nitrogen functional groups attached to an aromatic ring is 1. The molecule has 3 N–H and O–H groups in total. The zero-order chi connectivity index (χ0) is 16.9. The normalized spacial score (nSPS) is 10.5. The Balaban J connectivity index is 2.76. The fourth-order valence-electron chi connectivity index (χ4n) is 1.48. The molecule has 0 aliphatic heterocycles. The second kappa shape index (κ2) is 7.48. The SMILES string of the molecule is COc1c(Cl)cc(C#CCNC(=O)OC(C)(C)C)c(N)c1Cl. The largest absolute Gasteiger partial charge is 0.494 e. The lowest BCUT2D eigenvalue weighted by molar-refractivity contribution is 0.0535. The Morgan fingerprint density at radius 1 is 1.41 bits per heavy atom. The van der Waals surface area contributed by atoms with E-state index in [0.717, 1.165) is 0 Å². The smallest absolute Gasteiger partial charge is 0.408 e. The molecule has 7 heteroatoms. The van der Waals surface area contributed by atoms with Crippen molar-refractivity contribution in [2.24, 2.45) is 0 Å². The number of hydrogen-bond acceptors (Lipinski definition) is 4. The molecule has 22 heavy (non-hydrogen) atoms. The van der Waals surface area contributed by atoms with Gasteiger partial charge in [-0.05, 0) is 26.8 Å². The fraction of sp³-hybridized carbons (Fsp3) is 0.400. The summed E-state index contributed by atoms with van der Waals surface area (Å²) in [5, 5.41) is 3.03. The van der Waals surface area contributed by atoms with Gasteiger partial charge in [0.15, 0.2) is 5.75 Å². The highest BCUT2D eigenvalue weighted by atomic mass is 35.5. The minimum absolute atomic E-state index is 0.107. The maximum Gasteiger partial charge on any atom is 0.408 e. The molecule has 120 valence electrons. The molecule has 5 nitrogen and oxygen atoms in total. The third-order valence-electron chi connectivity index (χ3n) is 2.36. The number of halogens is 2. The van der Waals surface area contributed by atoms with Crippen molar-refractivity contribution in [2.75, 3.05) is 19.4 Å². The number of nitrogens with one attached hydrogen (secondary N) is 1. The predicted molar refractivity (Wildman–Crippen MR) is 88.5 cm³/mol. The average molecular weight is 345 g/mol. The molecule has 0 spiro atoms. The number of benzene rings is 1. The zero-order valence-electron chi connectivity index (χ0n) is 12.8. The summed E-state index contributed by atoms with van der Waals surface area (Å²) in [5.41, 5.74) is 6.04. The van der Waals surface area contributed by atoms with Crippen molar-refractivity contribution in [1.29, 1.82) is 0 Å². The highest BCUT2D eigenvalue weighted by Crippen LogP contribution is 2.38. The molecule has 1 aromatic carbocycles. The second-order valence-corrected chi connectivity index (χ2v) is 6.11. The molecule has 0 atom stereocenters. The monoisotopic (exact) mass is 344 g/mol. The molecule has 0 aromatic heterocycles. The molecule has 1 rings (SSSR count). The van der Waals surface area contributed by atoms with E-state index < -0.39 is 11.7 Å². The lowest BCUT2D eigenvalue weighted by atomic mass is 10.1. The maximum atomic E-state index is 11.4. The Labute approximate surface area is 140 Å². The summed E-state index contributed by atoms with van der Waals surface area (Å²) in [6, 6.07) is 1.56. The van der Waals surface area contributed by atoms with E-state index in [4.69, 9.17) is 38.4 Å². The Bertz CT molecular complexity index is 628. The number of alkyl carbamates (subject to hydrolysis) is 1. The first-order chi connectivity index (χ1) is 10.2. The van der Waals surface area contributed by atoms with Crippen molar-refractivity contribution in [3.05, 3.63) is 21.7 Å². The van der Waals surface area contributed by atoms with E-state index in [9.17, 15) is 4.79 Å². The Morgan fingerprint density at radius 2 is 2.05 bits per heavy atom. The number of carbonyl (C=O) groups excluding carboxylic acids is 1. The molecule has 0 saturated heterocycles. The lowest BCUT2D eigenvalue weighted by Gasteiger charge is -2.19. The molecule has 0 radical (unpaired) electrons. The maximum absolute atomic E-state index is 11.4. The molecule has 0 fully saturated rings. The minimum Gasteiger partial charge on any atom is -0.494 e. The van der Waals surface area contributed by atoms with Crippen LogP contribution < -0.4 is 15.8 Å². The first-order valence-corrected chi connectivity index (χ1v) is 7.18. The number of carbonyl (C=O) groups is 1. The van der Waals surface area contributed by atoms with Gasteiger partial charge in [0.1, 0.15) is 10.6 Å². The van der Waals surface area contributed by atoms with Gasteiger partial charge < -0.3 is 20.5 Å². The Hall–Kier alpha value is -1.77. The number of rotatable bonds is 2. The van der Waals surface area contributed by atoms with Gasteiger partial charge >= 0.3 is 6.09 Å². The summed E-state index contributed by atoms with van der Waals surface area (Å²) in [6.07, 6.45) is -0.541. The van der Waals surface area contributed by atoms with Gasteiger partial charge in [0, 0.05) is 0 Å². The van der Waals surface area contributed by atoms with Crippen molar-refractivity contribution in [1.82, 2.24) is 5.32 Å². The quantitative estimate of drug-likeness (QED) is 0.636. The van der Waals surface area contributed by atoms with Gasteiger partial charge in [0.05, 0.1) is 29.9 Å². The number of methoxy groups -OCH3 is 1. The van der Waals surface area contributed by atoms with E-state index >= 15 is 0 Å². The number of ether oxygens (including phenoxy) is 2. The summed E-state index contributed by atoms with van der Waals surface area (Å²) in [4.78, 5) is 11.4. The summed E-state index contributed by atoms with van der Waals surface area (Å²) in [6.45, 7) is 5.44. The van der Waals surface area contributed by atoms with Crippen molar-refractivity contribution >= 4 is 35.0 Å². The van der Waals surface area contributed by atoms with E-state index in [0.29, 0.717) is 16.3 Å². The zero-order valence-corrected chi connectivity index (χ0v) is 14.4. The summed E-state index contributed by atoms with van der Waals surface area (Å²) >= 11 is 12.1. The van der Waals surface area contributed by atoms with E-state index in [1.165, 1.54) is 7.11 Å². The standard InChI is InChI=1S/C15H18Cl2N2O3/c1-15(2,3)22-14(20)19-7-5-6-9-8-10(16)13(21-4)11(17)12(9)18/h8H,7,18H2,1-4H3,(H,19,20). The van der Waals surface area contributed by atoms with Crippen LogP contribution in [0.3, 0.4) is 0 Å². The Kier molecular flexibility index (Phi) is 6.21. The highest BCUT2D eigenvalue weighted by molar-refractivity contribution is 6.39. The summed E-state index contributed by atoms with van der Waals surface area (Å²) in [7, 11) is 1.45. The molecule has 0 saturated carbocycles. The predicted octanol–water partition coefficient (Wildman–Crippen LogP) is 3.46. The van der Waals surface area contributed by atoms with Crippen molar-refractivity contribution < 1.29 is 14.3 Å². The van der Waals surface area contributed by atoms with Crippen LogP contribution in [0.1, 0.15) is 26.3 Å². The van der Waals surface area contributed by atoms with Crippen LogP contribution in [0, 0.1) is 11.8 Å². The number of nitrogens with two attached hydrogens (primary N) is 1. The van der Waals surface area contributed by atoms with Gasteiger partial charge in [0.25, 0.3) is 0 Å². The highest BCUT2D eigenvalue weighted by Gasteiger charge is 2.15. The molecule has 1 amide bonds. The van der Waals surface area contributed by atoms with Crippen molar-refractivity contribution in [3.63, 3.8) is 0 Å². The minimum atomic E-state index is -0.557. The van der Waals surface area contributed by atoms with Crippen LogP contribution in [-0.4, -0.2) is 25.3 Å². The molecule has 0 bridgehead atoms. The Morgan fingerprint density at radius 3 is 2.59 bits per heavy atom. The first-order valence-electron chi connectivity index (χ1n) is 6.43. The lowest BCUT2D eigenvalue weighted by Crippen LogP contribution is -2.32. The van der Waals surface area contributed by atoms with Crippen LogP contribution in [0.25, 0.3) is 0 Å². The molecule has 1 aromatic rings. The van der Waals surface area contributed by atoms with Crippen LogP contribution in [0.5, 0.6) is 5.75 Å². The molecule has 0 heterocycles. The van der Waals surface area contributed by atoms with Gasteiger partial charge in [-0.1, -0.05) is 35.0 Å². The van der Waals surface area contributed by atoms with E-state index in [1.54, 1.807) is 26.8 Å². The average Bonchev–Trinajstić information content (AvgIpc) is 2.38. The number of amides is 1. The van der Waals surface area contributed by atoms with Gasteiger partial charge in [-0.2, -0.15) is 0 Å². The first kappa shape index (κ1) is 18.3. The van der Waals surface area contributed by atoms with Gasteiger partial charge in [-0.3, -0.25) is 0 Å². The molecular formula is C15H18Cl2N2O3. The third-order valence-corrected chi connectivity index (χ3v) is 3.02. The molecule has 0 aliphatic carbocycles. The summed E-state index contributed by atoms with van der Waals surface area (Å²) < 4.78 is 10.1. The van der Waals surface area contributed by atoms with Crippen LogP contribution >= 0.6 is 23.2 Å². The molecular weight excluding hydrogens is 327 g/mol. The van der Waals surface area contributed by atoms with E-state index in [-0.39, 0.29) is 17.3 Å². The topological polar surface area (TPSA) is 73.6 Å². The van der Waals surface area contributed by atoms with Crippen LogP contribution in [0.15, 0.2) is 6.07 Å². The van der Waals surface area contributed by atoms with Crippen LogP contribution in [0.4, 0.5) is 10.5 Å². The van der Waals surface area contributed by atoms with Crippen molar-refractivity contribution in [2.45, 2.75) is 26.4 Å². The molecule has 0 aliphatic rings. The van der Waals surface area contributed by atoms with Crippen LogP contribution in [-0.2, 0) is 4.74 Å². The van der Waals surface area contributed by atoms with Gasteiger partial charge in [0.2, 0.25) is 0 Å². The fourth-order valence-corrected chi connectivity index (χ4v) is 2.09. The van der Waals surface area contributed by atoms with Gasteiger partial charge in [-0.15, -0.1) is 0 Å². The van der Waals surface area contributed by atoms with Gasteiger partial charge in [-0.25, -0.2) is 4.79 Å². The number of anilines is 1. The second-order valence-electron chi connectivity index (χ2n) is 5.32. The third kappa shape index (κ3) is 5.21. The van der Waals surface area contributed by atoms with Crippen LogP contribution in [0.2, 0.25) is 10.0 Å². The molecule has 0 unspecified atom stereocenters. The number of hydrogen-bond donors (Lipinski definition) is 2.